The topological polar surface area (TPSA) is 78.4 Å². The first-order chi connectivity index (χ1) is 17.9. The lowest BCUT2D eigenvalue weighted by Crippen LogP contribution is -2.49. The van der Waals surface area contributed by atoms with Gasteiger partial charge >= 0.3 is 0 Å². The molecule has 4 atom stereocenters. The third kappa shape index (κ3) is 4.78. The molecule has 5 rings (SSSR count). The van der Waals surface area contributed by atoms with Gasteiger partial charge < -0.3 is 15.7 Å². The molecule has 1 saturated carbocycles. The van der Waals surface area contributed by atoms with Crippen LogP contribution in [0.15, 0.2) is 36.4 Å². The first-order valence-electron chi connectivity index (χ1n) is 13.4. The average Bonchev–Trinajstić information content (AvgIpc) is 3.30. The molecule has 1 aliphatic carbocycles. The molecule has 204 valence electrons. The molecule has 5 nitrogen and oxygen atoms in total. The molecule has 2 aromatic carbocycles. The summed E-state index contributed by atoms with van der Waals surface area (Å²) in [5, 5.41) is 16.7. The van der Waals surface area contributed by atoms with Crippen LogP contribution in [0.4, 0.5) is 14.5 Å². The molecule has 3 aliphatic rings. The van der Waals surface area contributed by atoms with Gasteiger partial charge in [0, 0.05) is 35.2 Å². The van der Waals surface area contributed by atoms with E-state index in [1.165, 1.54) is 0 Å². The van der Waals surface area contributed by atoms with Crippen molar-refractivity contribution in [3.63, 3.8) is 0 Å². The quantitative estimate of drug-likeness (QED) is 0.439. The molecule has 0 unspecified atom stereocenters. The van der Waals surface area contributed by atoms with Crippen LogP contribution in [-0.2, 0) is 15.0 Å². The molecular weight excluding hydrogens is 510 g/mol. The first kappa shape index (κ1) is 27.2. The summed E-state index contributed by atoms with van der Waals surface area (Å²) >= 11 is 6.40. The number of amides is 1. The van der Waals surface area contributed by atoms with Gasteiger partial charge in [0.25, 0.3) is 0 Å². The van der Waals surface area contributed by atoms with Crippen molar-refractivity contribution in [2.24, 2.45) is 11.3 Å². The maximum Gasteiger partial charge on any atom is 0.237 e. The number of hydrogen-bond acceptors (Lipinski definition) is 4. The molecule has 8 heteroatoms. The van der Waals surface area contributed by atoms with E-state index in [-0.39, 0.29) is 34.8 Å². The molecule has 1 saturated heterocycles. The fourth-order valence-corrected chi connectivity index (χ4v) is 7.15. The van der Waals surface area contributed by atoms with E-state index in [1.807, 2.05) is 6.07 Å². The number of ketones is 1. The van der Waals surface area contributed by atoms with Crippen molar-refractivity contribution < 1.29 is 23.5 Å². The van der Waals surface area contributed by atoms with Gasteiger partial charge in [-0.25, -0.2) is 8.78 Å². The van der Waals surface area contributed by atoms with Crippen molar-refractivity contribution >= 4 is 29.0 Å². The molecule has 38 heavy (non-hydrogen) atoms. The predicted octanol–water partition coefficient (Wildman–Crippen LogP) is 5.88. The van der Waals surface area contributed by atoms with Gasteiger partial charge in [-0.3, -0.25) is 9.59 Å². The molecule has 2 heterocycles. The number of nitrogens with one attached hydrogen (secondary N) is 2. The second-order valence-electron chi connectivity index (χ2n) is 12.5. The molecule has 2 aliphatic heterocycles. The Morgan fingerprint density at radius 2 is 1.79 bits per heavy atom. The van der Waals surface area contributed by atoms with Crippen LogP contribution >= 0.6 is 11.6 Å². The van der Waals surface area contributed by atoms with E-state index in [1.54, 1.807) is 18.2 Å². The van der Waals surface area contributed by atoms with Gasteiger partial charge in [-0.15, -0.1) is 0 Å². The van der Waals surface area contributed by atoms with E-state index >= 15 is 0 Å². The number of rotatable bonds is 5. The molecule has 2 fully saturated rings. The average molecular weight is 545 g/mol. The summed E-state index contributed by atoms with van der Waals surface area (Å²) in [7, 11) is 0. The number of carbonyl (C=O) groups is 2. The van der Waals surface area contributed by atoms with Crippen molar-refractivity contribution in [2.45, 2.75) is 88.8 Å². The summed E-state index contributed by atoms with van der Waals surface area (Å²) in [6, 6.07) is 8.03. The third-order valence-electron chi connectivity index (χ3n) is 8.56. The molecule has 0 radical (unpaired) electrons. The Bertz CT molecular complexity index is 1250. The van der Waals surface area contributed by atoms with E-state index in [4.69, 9.17) is 11.6 Å². The lowest BCUT2D eigenvalue weighted by molar-refractivity contribution is -0.123. The van der Waals surface area contributed by atoms with Crippen molar-refractivity contribution in [1.29, 1.82) is 0 Å². The monoisotopic (exact) mass is 544 g/mol. The fraction of sp³-hybridized carbons (Fsp3) is 0.533. The lowest BCUT2D eigenvalue weighted by Gasteiger charge is -2.37. The van der Waals surface area contributed by atoms with E-state index in [0.29, 0.717) is 41.8 Å². The summed E-state index contributed by atoms with van der Waals surface area (Å²) in [5.41, 5.74) is -0.278. The predicted molar refractivity (Wildman–Crippen MR) is 143 cm³/mol. The standard InChI is InChI=1S/C30H35ClF2N2O3/c1-29(2,3)15-25-30(20-13-21(32)22(33)14-23(20)34-28(30)38)26(17-5-4-6-18(31)12-17)27(35-25)24(37)11-16-7-9-19(36)10-8-16/h4-6,12-14,16,19,25-27,35-36H,7-11,15H2,1-3H3,(H,34,38)/t16?,19?,25-,26+,27+,30+/m1/s1. The van der Waals surface area contributed by atoms with Crippen LogP contribution < -0.4 is 10.6 Å². The summed E-state index contributed by atoms with van der Waals surface area (Å²) in [4.78, 5) is 28.1. The highest BCUT2D eigenvalue weighted by Crippen LogP contribution is 2.57. The van der Waals surface area contributed by atoms with Crippen LogP contribution in [0.3, 0.4) is 0 Å². The Morgan fingerprint density at radius 3 is 2.45 bits per heavy atom. The minimum absolute atomic E-state index is 0.0176. The first-order valence-corrected chi connectivity index (χ1v) is 13.8. The van der Waals surface area contributed by atoms with E-state index in [9.17, 15) is 23.5 Å². The second kappa shape index (κ2) is 10.00. The third-order valence-corrected chi connectivity index (χ3v) is 8.80. The zero-order chi connectivity index (χ0) is 27.4. The van der Waals surface area contributed by atoms with E-state index in [0.717, 1.165) is 25.0 Å². The minimum atomic E-state index is -1.34. The number of carbonyl (C=O) groups excluding carboxylic acids is 2. The smallest absolute Gasteiger partial charge is 0.237 e. The second-order valence-corrected chi connectivity index (χ2v) is 12.9. The van der Waals surface area contributed by atoms with Crippen molar-refractivity contribution in [2.75, 3.05) is 5.32 Å². The number of halogens is 3. The number of benzene rings is 2. The Morgan fingerprint density at radius 1 is 1.11 bits per heavy atom. The maximum absolute atomic E-state index is 14.7. The molecule has 0 aromatic heterocycles. The van der Waals surface area contributed by atoms with Gasteiger partial charge in [-0.2, -0.15) is 0 Å². The highest BCUT2D eigenvalue weighted by molar-refractivity contribution is 6.30. The van der Waals surface area contributed by atoms with Crippen molar-refractivity contribution in [3.8, 4) is 0 Å². The number of anilines is 1. The zero-order valence-electron chi connectivity index (χ0n) is 22.0. The molecule has 3 N–H and O–H groups in total. The molecule has 2 aromatic rings. The summed E-state index contributed by atoms with van der Waals surface area (Å²) in [5.74, 6) is -2.99. The van der Waals surface area contributed by atoms with Gasteiger partial charge in [0.2, 0.25) is 5.91 Å². The van der Waals surface area contributed by atoms with Gasteiger partial charge in [0.1, 0.15) is 5.41 Å². The Hall–Kier alpha value is -2.35. The van der Waals surface area contributed by atoms with Crippen LogP contribution in [0.5, 0.6) is 0 Å². The Labute approximate surface area is 227 Å². The summed E-state index contributed by atoms with van der Waals surface area (Å²) < 4.78 is 29.0. The summed E-state index contributed by atoms with van der Waals surface area (Å²) in [6.07, 6.45) is 3.41. The number of hydrogen-bond donors (Lipinski definition) is 3. The van der Waals surface area contributed by atoms with Crippen molar-refractivity contribution in [3.05, 3.63) is 64.2 Å². The van der Waals surface area contributed by atoms with E-state index in [2.05, 4.69) is 31.4 Å². The molecule has 1 spiro atoms. The van der Waals surface area contributed by atoms with Gasteiger partial charge in [-0.1, -0.05) is 44.5 Å². The fourth-order valence-electron chi connectivity index (χ4n) is 6.95. The van der Waals surface area contributed by atoms with Crippen LogP contribution in [0.2, 0.25) is 5.02 Å². The molecular formula is C30H35ClF2N2O3. The number of aliphatic hydroxyl groups is 1. The zero-order valence-corrected chi connectivity index (χ0v) is 22.7. The molecule has 1 amide bonds. The van der Waals surface area contributed by atoms with Crippen LogP contribution in [0.25, 0.3) is 0 Å². The highest BCUT2D eigenvalue weighted by atomic mass is 35.5. The van der Waals surface area contributed by atoms with Crippen molar-refractivity contribution in [1.82, 2.24) is 5.32 Å². The Balaban J connectivity index is 1.66. The number of aliphatic hydroxyl groups excluding tert-OH is 1. The van der Waals surface area contributed by atoms with Crippen LogP contribution in [-0.4, -0.2) is 35.0 Å². The highest BCUT2D eigenvalue weighted by Gasteiger charge is 2.65. The minimum Gasteiger partial charge on any atom is -0.393 e. The maximum atomic E-state index is 14.7. The van der Waals surface area contributed by atoms with Crippen LogP contribution in [0, 0.1) is 23.0 Å². The normalized spacial score (nSPS) is 30.9. The summed E-state index contributed by atoms with van der Waals surface area (Å²) in [6.45, 7) is 6.16. The SMILES string of the molecule is CC(C)(C)C[C@H]1N[C@@H](C(=O)CC2CCC(O)CC2)[C@H](c2cccc(Cl)c2)[C@@]12C(=O)Nc1cc(F)c(F)cc12. The van der Waals surface area contributed by atoms with Gasteiger partial charge in [0.05, 0.1) is 12.1 Å². The van der Waals surface area contributed by atoms with Gasteiger partial charge in [-0.05, 0) is 72.8 Å². The number of Topliss-reactive ketones (excluding diaryl/α,β-unsaturated/α-hetero) is 1. The van der Waals surface area contributed by atoms with Crippen LogP contribution in [0.1, 0.15) is 76.3 Å². The molecule has 0 bridgehead atoms. The largest absolute Gasteiger partial charge is 0.393 e. The van der Waals surface area contributed by atoms with Gasteiger partial charge in [0.15, 0.2) is 17.4 Å². The number of fused-ring (bicyclic) bond motifs is 2. The van der Waals surface area contributed by atoms with E-state index < -0.39 is 35.1 Å². The Kier molecular flexibility index (Phi) is 7.16. The lowest BCUT2D eigenvalue weighted by atomic mass is 9.62.